The molecule has 0 bridgehead atoms. The number of hydrazine groups is 1. The van der Waals surface area contributed by atoms with E-state index in [1.165, 1.54) is 11.3 Å². The van der Waals surface area contributed by atoms with Gasteiger partial charge in [0.25, 0.3) is 0 Å². The van der Waals surface area contributed by atoms with E-state index < -0.39 is 0 Å². The minimum atomic E-state index is -0.175. The molecule has 150 valence electrons. The maximum atomic E-state index is 12.1. The fourth-order valence-corrected chi connectivity index (χ4v) is 3.77. The molecular weight excluding hydrogens is 394 g/mol. The van der Waals surface area contributed by atoms with Crippen LogP contribution in [0.15, 0.2) is 35.7 Å². The molecule has 2 heterocycles. The molecule has 3 N–H and O–H groups in total. The van der Waals surface area contributed by atoms with E-state index in [9.17, 15) is 4.79 Å². The van der Waals surface area contributed by atoms with Gasteiger partial charge in [-0.3, -0.25) is 20.5 Å². The molecule has 0 atom stereocenters. The molecular formula is C19H25N5O2S2. The van der Waals surface area contributed by atoms with Crippen LogP contribution < -0.4 is 16.2 Å². The zero-order chi connectivity index (χ0) is 19.6. The molecule has 0 spiro atoms. The van der Waals surface area contributed by atoms with Crippen molar-refractivity contribution < 1.29 is 9.53 Å². The van der Waals surface area contributed by atoms with E-state index in [-0.39, 0.29) is 12.3 Å². The van der Waals surface area contributed by atoms with Crippen LogP contribution in [0.25, 0.3) is 11.3 Å². The largest absolute Gasteiger partial charge is 0.379 e. The number of ether oxygens (including phenoxy) is 1. The molecule has 0 aliphatic carbocycles. The Morgan fingerprint density at radius 3 is 2.79 bits per heavy atom. The van der Waals surface area contributed by atoms with Gasteiger partial charge in [0.15, 0.2) is 5.11 Å². The molecule has 0 saturated carbocycles. The molecule has 0 radical (unpaired) electrons. The molecule has 1 aliphatic rings. The lowest BCUT2D eigenvalue weighted by molar-refractivity contribution is -0.121. The van der Waals surface area contributed by atoms with Crippen LogP contribution in [0.4, 0.5) is 0 Å². The summed E-state index contributed by atoms with van der Waals surface area (Å²) in [7, 11) is 0. The number of benzene rings is 1. The molecule has 28 heavy (non-hydrogen) atoms. The minimum absolute atomic E-state index is 0.175. The first kappa shape index (κ1) is 20.7. The second-order valence-electron chi connectivity index (χ2n) is 6.41. The average Bonchev–Trinajstić information content (AvgIpc) is 3.19. The summed E-state index contributed by atoms with van der Waals surface area (Å²) >= 11 is 6.67. The van der Waals surface area contributed by atoms with E-state index >= 15 is 0 Å². The third-order valence-corrected chi connectivity index (χ3v) is 5.38. The first-order valence-electron chi connectivity index (χ1n) is 9.33. The van der Waals surface area contributed by atoms with Gasteiger partial charge >= 0.3 is 0 Å². The van der Waals surface area contributed by atoms with Crippen LogP contribution in [-0.4, -0.2) is 60.3 Å². The van der Waals surface area contributed by atoms with Crippen LogP contribution in [0.1, 0.15) is 11.4 Å². The fraction of sp³-hybridized carbons (Fsp3) is 0.421. The van der Waals surface area contributed by atoms with Gasteiger partial charge in [-0.05, 0) is 25.2 Å². The van der Waals surface area contributed by atoms with Crippen molar-refractivity contribution in [3.05, 3.63) is 40.7 Å². The highest BCUT2D eigenvalue weighted by molar-refractivity contribution is 7.80. The minimum Gasteiger partial charge on any atom is -0.379 e. The summed E-state index contributed by atoms with van der Waals surface area (Å²) in [4.78, 5) is 19.0. The summed E-state index contributed by atoms with van der Waals surface area (Å²) in [6.45, 7) is 5.37. The van der Waals surface area contributed by atoms with E-state index in [2.05, 4.69) is 26.1 Å². The predicted molar refractivity (Wildman–Crippen MR) is 115 cm³/mol. The zero-order valence-corrected chi connectivity index (χ0v) is 17.3. The Labute approximate surface area is 174 Å². The highest BCUT2D eigenvalue weighted by Gasteiger charge is 2.10. The summed E-state index contributed by atoms with van der Waals surface area (Å²) in [6.07, 6.45) is 1.20. The van der Waals surface area contributed by atoms with Gasteiger partial charge in [-0.2, -0.15) is 0 Å². The Bertz CT molecular complexity index is 763. The quantitative estimate of drug-likeness (QED) is 0.357. The lowest BCUT2D eigenvalue weighted by Gasteiger charge is -2.26. The maximum absolute atomic E-state index is 12.1. The number of amides is 1. The number of morpholine rings is 1. The Kier molecular flexibility index (Phi) is 8.16. The standard InChI is InChI=1S/C19H25N5O2S2/c25-17(13-18-21-16(14-28-18)15-5-2-1-3-6-15)22-23-19(27)20-7-4-8-24-9-11-26-12-10-24/h1-3,5-6,14H,4,7-13H2,(H,22,25)(H2,20,23,27). The van der Waals surface area contributed by atoms with Crippen molar-refractivity contribution in [3.8, 4) is 11.3 Å². The summed E-state index contributed by atoms with van der Waals surface area (Å²) in [5, 5.41) is 6.25. The Morgan fingerprint density at radius 1 is 1.21 bits per heavy atom. The smallest absolute Gasteiger partial charge is 0.245 e. The van der Waals surface area contributed by atoms with Gasteiger partial charge in [0.2, 0.25) is 5.91 Å². The van der Waals surface area contributed by atoms with Crippen LogP contribution in [0.3, 0.4) is 0 Å². The summed E-state index contributed by atoms with van der Waals surface area (Å²) < 4.78 is 5.33. The molecule has 3 rings (SSSR count). The van der Waals surface area contributed by atoms with Crippen molar-refractivity contribution in [1.82, 2.24) is 26.1 Å². The number of hydrogen-bond acceptors (Lipinski definition) is 6. The number of nitrogens with one attached hydrogen (secondary N) is 3. The van der Waals surface area contributed by atoms with E-state index in [1.54, 1.807) is 0 Å². The molecule has 9 heteroatoms. The van der Waals surface area contributed by atoms with Crippen LogP contribution in [0.5, 0.6) is 0 Å². The van der Waals surface area contributed by atoms with E-state index in [1.807, 2.05) is 35.7 Å². The van der Waals surface area contributed by atoms with E-state index in [0.717, 1.165) is 62.1 Å². The van der Waals surface area contributed by atoms with Gasteiger partial charge in [0, 0.05) is 30.6 Å². The Hall–Kier alpha value is -2.07. The number of carbonyl (C=O) groups is 1. The first-order valence-corrected chi connectivity index (χ1v) is 10.6. The van der Waals surface area contributed by atoms with Crippen LogP contribution in [0.2, 0.25) is 0 Å². The van der Waals surface area contributed by atoms with Gasteiger partial charge in [-0.1, -0.05) is 30.3 Å². The molecule has 2 aromatic rings. The molecule has 1 aromatic carbocycles. The van der Waals surface area contributed by atoms with Gasteiger partial charge in [-0.25, -0.2) is 4.98 Å². The molecule has 1 aromatic heterocycles. The van der Waals surface area contributed by atoms with E-state index in [4.69, 9.17) is 17.0 Å². The average molecular weight is 420 g/mol. The first-order chi connectivity index (χ1) is 13.7. The molecule has 7 nitrogen and oxygen atoms in total. The lowest BCUT2D eigenvalue weighted by atomic mass is 10.2. The van der Waals surface area contributed by atoms with Crippen molar-refractivity contribution in [3.63, 3.8) is 0 Å². The SMILES string of the molecule is O=C(Cc1nc(-c2ccccc2)cs1)NNC(=S)NCCCN1CCOCC1. The summed E-state index contributed by atoms with van der Waals surface area (Å²) in [6, 6.07) is 9.92. The number of nitrogens with zero attached hydrogens (tertiary/aromatic N) is 2. The number of carbonyl (C=O) groups excluding carboxylic acids is 1. The highest BCUT2D eigenvalue weighted by atomic mass is 32.1. The lowest BCUT2D eigenvalue weighted by Crippen LogP contribution is -2.47. The molecule has 1 amide bonds. The van der Waals surface area contributed by atoms with Gasteiger partial charge in [-0.15, -0.1) is 11.3 Å². The van der Waals surface area contributed by atoms with Crippen molar-refractivity contribution in [1.29, 1.82) is 0 Å². The van der Waals surface area contributed by atoms with Gasteiger partial charge in [0.05, 0.1) is 25.3 Å². The molecule has 1 saturated heterocycles. The number of thiazole rings is 1. The van der Waals surface area contributed by atoms with Gasteiger partial charge < -0.3 is 10.1 Å². The van der Waals surface area contributed by atoms with Crippen LogP contribution in [0, 0.1) is 0 Å². The fourth-order valence-electron chi connectivity index (χ4n) is 2.82. The number of hydrogen-bond donors (Lipinski definition) is 3. The van der Waals surface area contributed by atoms with Crippen molar-refractivity contribution in [2.24, 2.45) is 0 Å². The van der Waals surface area contributed by atoms with Crippen molar-refractivity contribution >= 4 is 34.6 Å². The maximum Gasteiger partial charge on any atom is 0.245 e. The van der Waals surface area contributed by atoms with Crippen LogP contribution >= 0.6 is 23.6 Å². The summed E-state index contributed by atoms with van der Waals surface area (Å²) in [5.74, 6) is -0.175. The molecule has 1 fully saturated rings. The normalized spacial score (nSPS) is 14.4. The predicted octanol–water partition coefficient (Wildman–Crippen LogP) is 1.57. The molecule has 0 unspecified atom stereocenters. The second-order valence-corrected chi connectivity index (χ2v) is 7.76. The zero-order valence-electron chi connectivity index (χ0n) is 15.6. The third-order valence-electron chi connectivity index (χ3n) is 4.29. The number of rotatable bonds is 7. The highest BCUT2D eigenvalue weighted by Crippen LogP contribution is 2.21. The van der Waals surface area contributed by atoms with E-state index in [0.29, 0.717) is 5.11 Å². The second kappa shape index (κ2) is 11.1. The van der Waals surface area contributed by atoms with Crippen LogP contribution in [-0.2, 0) is 16.0 Å². The van der Waals surface area contributed by atoms with Crippen molar-refractivity contribution in [2.45, 2.75) is 12.8 Å². The Morgan fingerprint density at radius 2 is 2.00 bits per heavy atom. The summed E-state index contributed by atoms with van der Waals surface area (Å²) in [5.41, 5.74) is 7.30. The third kappa shape index (κ3) is 6.83. The number of aromatic nitrogens is 1. The monoisotopic (exact) mass is 419 g/mol. The number of thiocarbonyl (C=S) groups is 1. The topological polar surface area (TPSA) is 78.5 Å². The molecule has 1 aliphatic heterocycles. The Balaban J connectivity index is 1.30. The van der Waals surface area contributed by atoms with Gasteiger partial charge in [0.1, 0.15) is 5.01 Å². The van der Waals surface area contributed by atoms with Crippen molar-refractivity contribution in [2.75, 3.05) is 39.4 Å².